The van der Waals surface area contributed by atoms with Gasteiger partial charge in [0.05, 0.1) is 6.42 Å². The van der Waals surface area contributed by atoms with Crippen LogP contribution in [0.2, 0.25) is 0 Å². The number of likely N-dealkylation sites (N-methyl/N-ethyl adjacent to an activating group) is 1. The monoisotopic (exact) mass is 488 g/mol. The van der Waals surface area contributed by atoms with Crippen LogP contribution in [0.25, 0.3) is 10.9 Å². The smallest absolute Gasteiger partial charge is 0.227 e. The Morgan fingerprint density at radius 1 is 0.861 bits per heavy atom. The minimum atomic E-state index is -0.0922. The van der Waals surface area contributed by atoms with Crippen LogP contribution in [0, 0.1) is 5.92 Å². The summed E-state index contributed by atoms with van der Waals surface area (Å²) in [6.45, 7) is 4.50. The maximum atomic E-state index is 13.4. The second kappa shape index (κ2) is 10.7. The van der Waals surface area contributed by atoms with Crippen LogP contribution in [0.5, 0.6) is 5.75 Å². The molecule has 190 valence electrons. The van der Waals surface area contributed by atoms with E-state index in [0.29, 0.717) is 25.9 Å². The number of rotatable bonds is 6. The van der Waals surface area contributed by atoms with Gasteiger partial charge in [0.25, 0.3) is 0 Å². The zero-order valence-electron chi connectivity index (χ0n) is 21.3. The zero-order valence-corrected chi connectivity index (χ0v) is 21.3. The maximum Gasteiger partial charge on any atom is 0.227 e. The Morgan fingerprint density at radius 2 is 1.58 bits per heavy atom. The Kier molecular flexibility index (Phi) is 7.28. The first-order valence-corrected chi connectivity index (χ1v) is 13.0. The number of piperazine rings is 1. The highest BCUT2D eigenvalue weighted by Gasteiger charge is 2.35. The molecule has 5 rings (SSSR count). The van der Waals surface area contributed by atoms with Crippen molar-refractivity contribution in [1.82, 2.24) is 19.3 Å². The molecule has 36 heavy (non-hydrogen) atoms. The van der Waals surface area contributed by atoms with Crippen molar-refractivity contribution in [2.24, 2.45) is 13.0 Å². The van der Waals surface area contributed by atoms with Gasteiger partial charge in [-0.1, -0.05) is 36.4 Å². The molecule has 2 fully saturated rings. The van der Waals surface area contributed by atoms with Crippen molar-refractivity contribution < 1.29 is 14.3 Å². The van der Waals surface area contributed by atoms with Crippen molar-refractivity contribution in [2.45, 2.75) is 25.4 Å². The fourth-order valence-electron chi connectivity index (χ4n) is 5.51. The molecule has 1 aromatic heterocycles. The first kappa shape index (κ1) is 24.4. The average molecular weight is 489 g/mol. The highest BCUT2D eigenvalue weighted by Crippen LogP contribution is 2.28. The number of carbonyl (C=O) groups is 2. The summed E-state index contributed by atoms with van der Waals surface area (Å²) >= 11 is 0. The van der Waals surface area contributed by atoms with Crippen LogP contribution in [0.15, 0.2) is 60.8 Å². The highest BCUT2D eigenvalue weighted by atomic mass is 16.5. The number of hydrogen-bond donors (Lipinski definition) is 0. The van der Waals surface area contributed by atoms with E-state index >= 15 is 0 Å². The van der Waals surface area contributed by atoms with Crippen molar-refractivity contribution in [3.05, 3.63) is 66.4 Å². The molecule has 2 aliphatic heterocycles. The van der Waals surface area contributed by atoms with Crippen LogP contribution < -0.4 is 4.74 Å². The highest BCUT2D eigenvalue weighted by molar-refractivity contribution is 5.89. The van der Waals surface area contributed by atoms with Crippen LogP contribution in [0.3, 0.4) is 0 Å². The summed E-state index contributed by atoms with van der Waals surface area (Å²) in [5, 5.41) is 1.12. The molecule has 0 radical (unpaired) electrons. The van der Waals surface area contributed by atoms with E-state index in [-0.39, 0.29) is 23.8 Å². The predicted molar refractivity (Wildman–Crippen MR) is 141 cm³/mol. The number of para-hydroxylation sites is 2. The van der Waals surface area contributed by atoms with E-state index in [2.05, 4.69) is 34.8 Å². The molecule has 2 saturated heterocycles. The number of ether oxygens (including phenoxy) is 1. The fourth-order valence-corrected chi connectivity index (χ4v) is 5.51. The van der Waals surface area contributed by atoms with Crippen LogP contribution in [0.1, 0.15) is 18.4 Å². The molecular formula is C29H36N4O3. The number of carbonyl (C=O) groups excluding carboxylic acids is 2. The van der Waals surface area contributed by atoms with Gasteiger partial charge in [-0.15, -0.1) is 0 Å². The fraction of sp³-hybridized carbons (Fsp3) is 0.448. The molecule has 0 saturated carbocycles. The number of amides is 2. The van der Waals surface area contributed by atoms with E-state index in [0.717, 1.165) is 54.8 Å². The Balaban J connectivity index is 1.29. The van der Waals surface area contributed by atoms with Gasteiger partial charge < -0.3 is 24.0 Å². The summed E-state index contributed by atoms with van der Waals surface area (Å²) in [6.07, 6.45) is 3.45. The molecule has 2 atom stereocenters. The number of aryl methyl sites for hydroxylation is 1. The molecule has 2 aliphatic rings. The van der Waals surface area contributed by atoms with E-state index in [9.17, 15) is 9.59 Å². The summed E-state index contributed by atoms with van der Waals surface area (Å²) < 4.78 is 8.44. The third kappa shape index (κ3) is 5.41. The molecular weight excluding hydrogens is 452 g/mol. The SMILES string of the molecule is CN1CCN(C(=O)C[C@H]2CN(C(=O)Cc3cn(C)c4ccccc34)CC[C@@H]2Oc2ccccc2)CC1. The number of aromatic nitrogens is 1. The van der Waals surface area contributed by atoms with Gasteiger partial charge in [0.15, 0.2) is 0 Å². The molecule has 0 N–H and O–H groups in total. The second-order valence-electron chi connectivity index (χ2n) is 10.2. The van der Waals surface area contributed by atoms with E-state index in [1.165, 1.54) is 0 Å². The van der Waals surface area contributed by atoms with Crippen molar-refractivity contribution in [3.8, 4) is 5.75 Å². The van der Waals surface area contributed by atoms with Crippen molar-refractivity contribution in [3.63, 3.8) is 0 Å². The Bertz CT molecular complexity index is 1200. The molecule has 3 aromatic rings. The van der Waals surface area contributed by atoms with Gasteiger partial charge in [0.1, 0.15) is 11.9 Å². The Labute approximate surface area is 213 Å². The Morgan fingerprint density at radius 3 is 2.36 bits per heavy atom. The maximum absolute atomic E-state index is 13.4. The van der Waals surface area contributed by atoms with Crippen molar-refractivity contribution in [2.75, 3.05) is 46.3 Å². The molecule has 7 nitrogen and oxygen atoms in total. The van der Waals surface area contributed by atoms with Gasteiger partial charge in [-0.05, 0) is 30.8 Å². The molecule has 0 spiro atoms. The zero-order chi connectivity index (χ0) is 25.1. The quantitative estimate of drug-likeness (QED) is 0.535. The minimum Gasteiger partial charge on any atom is -0.490 e. The number of likely N-dealkylation sites (tertiary alicyclic amines) is 1. The first-order chi connectivity index (χ1) is 17.5. The molecule has 0 aliphatic carbocycles. The van der Waals surface area contributed by atoms with Crippen molar-refractivity contribution in [1.29, 1.82) is 0 Å². The van der Waals surface area contributed by atoms with Crippen LogP contribution in [-0.2, 0) is 23.1 Å². The van der Waals surface area contributed by atoms with Gasteiger partial charge in [-0.25, -0.2) is 0 Å². The van der Waals surface area contributed by atoms with Crippen LogP contribution >= 0.6 is 0 Å². The molecule has 2 amide bonds. The third-order valence-corrected chi connectivity index (χ3v) is 7.66. The number of benzene rings is 2. The second-order valence-corrected chi connectivity index (χ2v) is 10.2. The van der Waals surface area contributed by atoms with E-state index in [1.807, 2.05) is 59.3 Å². The van der Waals surface area contributed by atoms with E-state index in [1.54, 1.807) is 0 Å². The standard InChI is InChI=1S/C29H36N4O3/c1-30-14-16-32(17-15-30)28(34)19-23-21-33(13-12-27(23)36-24-8-4-3-5-9-24)29(35)18-22-20-31(2)26-11-7-6-10-25(22)26/h3-11,20,23,27H,12-19,21H2,1-2H3/t23-,27-/m0/s1. The van der Waals surface area contributed by atoms with Gasteiger partial charge in [-0.2, -0.15) is 0 Å². The summed E-state index contributed by atoms with van der Waals surface area (Å²) in [5.74, 6) is 1.05. The summed E-state index contributed by atoms with van der Waals surface area (Å²) in [7, 11) is 4.11. The topological polar surface area (TPSA) is 58.0 Å². The average Bonchev–Trinajstić information content (AvgIpc) is 3.21. The van der Waals surface area contributed by atoms with E-state index < -0.39 is 0 Å². The van der Waals surface area contributed by atoms with Gasteiger partial charge in [0.2, 0.25) is 11.8 Å². The van der Waals surface area contributed by atoms with Gasteiger partial charge >= 0.3 is 0 Å². The van der Waals surface area contributed by atoms with Gasteiger partial charge in [-0.3, -0.25) is 9.59 Å². The molecule has 0 unspecified atom stereocenters. The van der Waals surface area contributed by atoms with Crippen LogP contribution in [-0.4, -0.2) is 83.5 Å². The lowest BCUT2D eigenvalue weighted by molar-refractivity contribution is -0.139. The first-order valence-electron chi connectivity index (χ1n) is 13.0. The number of nitrogens with zero attached hydrogens (tertiary/aromatic N) is 4. The number of fused-ring (bicyclic) bond motifs is 1. The lowest BCUT2D eigenvalue weighted by atomic mass is 9.90. The van der Waals surface area contributed by atoms with Crippen molar-refractivity contribution >= 4 is 22.7 Å². The molecule has 2 aromatic carbocycles. The predicted octanol–water partition coefficient (Wildman–Crippen LogP) is 3.18. The largest absolute Gasteiger partial charge is 0.490 e. The third-order valence-electron chi connectivity index (χ3n) is 7.66. The molecule has 0 bridgehead atoms. The summed E-state index contributed by atoms with van der Waals surface area (Å²) in [6, 6.07) is 18.0. The van der Waals surface area contributed by atoms with Crippen LogP contribution in [0.4, 0.5) is 0 Å². The normalized spacial score (nSPS) is 21.1. The molecule has 7 heteroatoms. The number of hydrogen-bond acceptors (Lipinski definition) is 4. The molecule has 3 heterocycles. The lowest BCUT2D eigenvalue weighted by Gasteiger charge is -2.40. The summed E-state index contributed by atoms with van der Waals surface area (Å²) in [5.41, 5.74) is 2.18. The lowest BCUT2D eigenvalue weighted by Crippen LogP contribution is -2.51. The minimum absolute atomic E-state index is 0.0393. The number of piperidine rings is 1. The summed E-state index contributed by atoms with van der Waals surface area (Å²) in [4.78, 5) is 32.8. The Hall–Kier alpha value is -3.32. The van der Waals surface area contributed by atoms with E-state index in [4.69, 9.17) is 4.74 Å². The van der Waals surface area contributed by atoms with Gasteiger partial charge in [0, 0.05) is 82.2 Å².